The van der Waals surface area contributed by atoms with Gasteiger partial charge in [-0.25, -0.2) is 9.18 Å². The number of carbonyl (C=O) groups is 2. The number of benzene rings is 1. The number of carbonyl (C=O) groups excluding carboxylic acids is 1. The van der Waals surface area contributed by atoms with Crippen LogP contribution in [0.3, 0.4) is 0 Å². The number of nitrogens with one attached hydrogen (secondary N) is 1. The second-order valence-corrected chi connectivity index (χ2v) is 4.57. The number of carboxylic acids is 1. The van der Waals surface area contributed by atoms with Crippen LogP contribution in [0.4, 0.5) is 15.8 Å². The molecule has 1 atom stereocenters. The fraction of sp³-hybridized carbons (Fsp3) is 0.429. The average molecular weight is 297 g/mol. The number of amides is 1. The zero-order chi connectivity index (χ0) is 16.2. The van der Waals surface area contributed by atoms with Gasteiger partial charge >= 0.3 is 5.97 Å². The summed E-state index contributed by atoms with van der Waals surface area (Å²) in [4.78, 5) is 25.0. The number of carboxylic acid groups (broad SMARTS) is 1. The number of hydrogen-bond donors (Lipinski definition) is 3. The highest BCUT2D eigenvalue weighted by atomic mass is 19.1. The third-order valence-corrected chi connectivity index (χ3v) is 3.22. The first-order valence-corrected chi connectivity index (χ1v) is 6.70. The van der Waals surface area contributed by atoms with Gasteiger partial charge in [-0.05, 0) is 32.9 Å². The molecule has 1 rings (SSSR count). The third-order valence-electron chi connectivity index (χ3n) is 3.22. The van der Waals surface area contributed by atoms with E-state index in [1.165, 1.54) is 6.07 Å². The topological polar surface area (TPSA) is 95.7 Å². The summed E-state index contributed by atoms with van der Waals surface area (Å²) in [5.41, 5.74) is 4.76. The molecule has 116 valence electrons. The van der Waals surface area contributed by atoms with Gasteiger partial charge in [0.25, 0.3) is 0 Å². The lowest BCUT2D eigenvalue weighted by Crippen LogP contribution is -2.41. The van der Waals surface area contributed by atoms with Gasteiger partial charge in [0.15, 0.2) is 0 Å². The number of anilines is 2. The van der Waals surface area contributed by atoms with Gasteiger partial charge in [-0.1, -0.05) is 0 Å². The number of likely N-dealkylation sites (N-methyl/N-ethyl adjacent to an activating group) is 1. The summed E-state index contributed by atoms with van der Waals surface area (Å²) in [7, 11) is 0. The molecular weight excluding hydrogens is 277 g/mol. The Bertz CT molecular complexity index is 545. The molecule has 0 aliphatic heterocycles. The van der Waals surface area contributed by atoms with Crippen molar-refractivity contribution >= 4 is 23.3 Å². The molecule has 7 heteroatoms. The molecule has 0 aliphatic carbocycles. The Kier molecular flexibility index (Phi) is 5.52. The Morgan fingerprint density at radius 3 is 2.43 bits per heavy atom. The summed E-state index contributed by atoms with van der Waals surface area (Å²) in [6, 6.07) is 1.69. The molecule has 0 fully saturated rings. The number of halogens is 1. The van der Waals surface area contributed by atoms with E-state index in [2.05, 4.69) is 5.32 Å². The van der Waals surface area contributed by atoms with Crippen molar-refractivity contribution in [3.8, 4) is 0 Å². The number of rotatable bonds is 6. The normalized spacial score (nSPS) is 11.8. The zero-order valence-corrected chi connectivity index (χ0v) is 12.3. The lowest BCUT2D eigenvalue weighted by atomic mass is 10.1. The highest BCUT2D eigenvalue weighted by Crippen LogP contribution is 2.25. The molecule has 1 aromatic rings. The number of nitrogens with two attached hydrogens (primary N) is 1. The molecule has 6 nitrogen and oxygen atoms in total. The highest BCUT2D eigenvalue weighted by Gasteiger charge is 2.22. The standard InChI is InChI=1S/C14H20FN3O3/c1-4-18(5-2)13(19)8(3)17-10-7-6-9(15)12(16)11(10)14(20)21/h6-8,17H,4-5,16H2,1-3H3,(H,20,21). The van der Waals surface area contributed by atoms with Crippen molar-refractivity contribution in [3.05, 3.63) is 23.5 Å². The molecule has 0 saturated heterocycles. The lowest BCUT2D eigenvalue weighted by molar-refractivity contribution is -0.131. The lowest BCUT2D eigenvalue weighted by Gasteiger charge is -2.24. The molecule has 0 heterocycles. The largest absolute Gasteiger partial charge is 0.478 e. The van der Waals surface area contributed by atoms with Crippen LogP contribution in [0.5, 0.6) is 0 Å². The van der Waals surface area contributed by atoms with Gasteiger partial charge in [-0.3, -0.25) is 4.79 Å². The van der Waals surface area contributed by atoms with Crippen molar-refractivity contribution in [1.82, 2.24) is 4.90 Å². The quantitative estimate of drug-likeness (QED) is 0.696. The molecule has 0 spiro atoms. The van der Waals surface area contributed by atoms with Crippen molar-refractivity contribution < 1.29 is 19.1 Å². The van der Waals surface area contributed by atoms with Crippen LogP contribution in [0.1, 0.15) is 31.1 Å². The van der Waals surface area contributed by atoms with Crippen molar-refractivity contribution in [1.29, 1.82) is 0 Å². The number of hydrogen-bond acceptors (Lipinski definition) is 4. The van der Waals surface area contributed by atoms with Crippen LogP contribution in [-0.4, -0.2) is 41.0 Å². The predicted molar refractivity (Wildman–Crippen MR) is 78.8 cm³/mol. The SMILES string of the molecule is CCN(CC)C(=O)C(C)Nc1ccc(F)c(N)c1C(=O)O. The van der Waals surface area contributed by atoms with Crippen molar-refractivity contribution in [2.75, 3.05) is 24.1 Å². The average Bonchev–Trinajstić information content (AvgIpc) is 2.43. The minimum absolute atomic E-state index is 0.120. The van der Waals surface area contributed by atoms with E-state index in [9.17, 15) is 14.0 Å². The Balaban J connectivity index is 3.06. The van der Waals surface area contributed by atoms with E-state index in [0.717, 1.165) is 6.07 Å². The Morgan fingerprint density at radius 2 is 1.95 bits per heavy atom. The third kappa shape index (κ3) is 3.62. The maximum absolute atomic E-state index is 13.4. The molecule has 0 bridgehead atoms. The zero-order valence-electron chi connectivity index (χ0n) is 12.3. The maximum atomic E-state index is 13.4. The van der Waals surface area contributed by atoms with Gasteiger partial charge in [-0.15, -0.1) is 0 Å². The molecule has 4 N–H and O–H groups in total. The monoisotopic (exact) mass is 297 g/mol. The second-order valence-electron chi connectivity index (χ2n) is 4.57. The van der Waals surface area contributed by atoms with Gasteiger partial charge < -0.3 is 21.1 Å². The maximum Gasteiger partial charge on any atom is 0.340 e. The van der Waals surface area contributed by atoms with E-state index in [1.807, 2.05) is 13.8 Å². The summed E-state index contributed by atoms with van der Waals surface area (Å²) in [6.07, 6.45) is 0. The Labute approximate surface area is 122 Å². The Morgan fingerprint density at radius 1 is 1.38 bits per heavy atom. The first-order chi connectivity index (χ1) is 9.83. The Hall–Kier alpha value is -2.31. The van der Waals surface area contributed by atoms with Crippen LogP contribution < -0.4 is 11.1 Å². The van der Waals surface area contributed by atoms with Crippen molar-refractivity contribution in [3.63, 3.8) is 0 Å². The first kappa shape index (κ1) is 16.7. The van der Waals surface area contributed by atoms with E-state index >= 15 is 0 Å². The molecule has 21 heavy (non-hydrogen) atoms. The first-order valence-electron chi connectivity index (χ1n) is 6.70. The minimum Gasteiger partial charge on any atom is -0.478 e. The predicted octanol–water partition coefficient (Wildman–Crippen LogP) is 1.77. The molecule has 1 amide bonds. The van der Waals surface area contributed by atoms with Crippen LogP contribution in [0.2, 0.25) is 0 Å². The summed E-state index contributed by atoms with van der Waals surface area (Å²) < 4.78 is 13.4. The van der Waals surface area contributed by atoms with E-state index in [4.69, 9.17) is 10.8 Å². The van der Waals surface area contributed by atoms with Crippen LogP contribution in [0.15, 0.2) is 12.1 Å². The summed E-state index contributed by atoms with van der Waals surface area (Å²) in [6.45, 7) is 6.43. The van der Waals surface area contributed by atoms with Gasteiger partial charge in [0.05, 0.1) is 11.4 Å². The molecule has 0 aromatic heterocycles. The van der Waals surface area contributed by atoms with Crippen LogP contribution in [-0.2, 0) is 4.79 Å². The molecule has 0 aliphatic rings. The number of aromatic carboxylic acids is 1. The second kappa shape index (κ2) is 6.92. The molecular formula is C14H20FN3O3. The highest BCUT2D eigenvalue weighted by molar-refractivity contribution is 6.00. The fourth-order valence-corrected chi connectivity index (χ4v) is 2.05. The molecule has 1 unspecified atom stereocenters. The smallest absolute Gasteiger partial charge is 0.340 e. The summed E-state index contributed by atoms with van der Waals surface area (Å²) >= 11 is 0. The van der Waals surface area contributed by atoms with E-state index < -0.39 is 23.5 Å². The van der Waals surface area contributed by atoms with Crippen LogP contribution in [0.25, 0.3) is 0 Å². The van der Waals surface area contributed by atoms with Crippen LogP contribution in [0, 0.1) is 5.82 Å². The van der Waals surface area contributed by atoms with E-state index in [1.54, 1.807) is 11.8 Å². The number of nitrogen functional groups attached to an aromatic ring is 1. The summed E-state index contributed by atoms with van der Waals surface area (Å²) in [5, 5.41) is 11.9. The van der Waals surface area contributed by atoms with Gasteiger partial charge in [-0.2, -0.15) is 0 Å². The van der Waals surface area contributed by atoms with Crippen molar-refractivity contribution in [2.24, 2.45) is 0 Å². The van der Waals surface area contributed by atoms with Gasteiger partial charge in [0.1, 0.15) is 17.4 Å². The molecule has 0 saturated carbocycles. The van der Waals surface area contributed by atoms with Gasteiger partial charge in [0.2, 0.25) is 5.91 Å². The summed E-state index contributed by atoms with van der Waals surface area (Å²) in [5.74, 6) is -2.32. The molecule has 1 aromatic carbocycles. The minimum atomic E-state index is -1.35. The van der Waals surface area contributed by atoms with E-state index in [-0.39, 0.29) is 17.2 Å². The van der Waals surface area contributed by atoms with Crippen molar-refractivity contribution in [2.45, 2.75) is 26.8 Å². The molecule has 0 radical (unpaired) electrons. The number of nitrogens with zero attached hydrogens (tertiary/aromatic N) is 1. The van der Waals surface area contributed by atoms with Crippen LogP contribution >= 0.6 is 0 Å². The van der Waals surface area contributed by atoms with E-state index in [0.29, 0.717) is 13.1 Å². The van der Waals surface area contributed by atoms with Gasteiger partial charge in [0, 0.05) is 13.1 Å². The fourth-order valence-electron chi connectivity index (χ4n) is 2.05.